The molecule has 3 aromatic rings. The highest BCUT2D eigenvalue weighted by Gasteiger charge is 2.37. The van der Waals surface area contributed by atoms with Crippen molar-refractivity contribution in [3.63, 3.8) is 0 Å². The number of likely N-dealkylation sites (tertiary alicyclic amines) is 1. The second kappa shape index (κ2) is 9.52. The number of benzene rings is 2. The lowest BCUT2D eigenvalue weighted by atomic mass is 10.1. The van der Waals surface area contributed by atoms with Gasteiger partial charge in [-0.3, -0.25) is 19.3 Å². The van der Waals surface area contributed by atoms with Crippen LogP contribution < -0.4 is 15.2 Å². The number of nitrogens with zero attached hydrogens (tertiary/aromatic N) is 4. The Kier molecular flexibility index (Phi) is 6.28. The maximum absolute atomic E-state index is 14.0. The maximum atomic E-state index is 14.0. The van der Waals surface area contributed by atoms with E-state index in [0.29, 0.717) is 41.8 Å². The molecule has 8 heteroatoms. The Morgan fingerprint density at radius 2 is 1.69 bits per heavy atom. The first-order valence-corrected chi connectivity index (χ1v) is 12.3. The lowest BCUT2D eigenvalue weighted by molar-refractivity contribution is -0.139. The number of anilines is 1. The zero-order valence-corrected chi connectivity index (χ0v) is 20.1. The minimum atomic E-state index is -0.792. The number of hydrogen-bond donors (Lipinski definition) is 0. The number of piperidine rings is 1. The second-order valence-corrected chi connectivity index (χ2v) is 9.65. The fraction of sp³-hybridized carbons (Fsp3) is 0.407. The topological polar surface area (TPSA) is 84.7 Å². The number of carbonyl (C=O) groups excluding carboxylic acids is 2. The first-order chi connectivity index (χ1) is 16.9. The molecule has 1 aromatic heterocycles. The Labute approximate surface area is 204 Å². The van der Waals surface area contributed by atoms with Gasteiger partial charge in [-0.05, 0) is 43.4 Å². The first-order valence-electron chi connectivity index (χ1n) is 12.3. The number of hydrogen-bond acceptors (Lipinski definition) is 5. The van der Waals surface area contributed by atoms with Crippen LogP contribution in [-0.2, 0) is 11.3 Å². The largest absolute Gasteiger partial charge is 0.476 e. The van der Waals surface area contributed by atoms with E-state index in [4.69, 9.17) is 4.74 Å². The van der Waals surface area contributed by atoms with Crippen LogP contribution in [0.2, 0.25) is 0 Å². The summed E-state index contributed by atoms with van der Waals surface area (Å²) in [6.45, 7) is 5.91. The third-order valence-electron chi connectivity index (χ3n) is 6.57. The van der Waals surface area contributed by atoms with E-state index in [1.165, 1.54) is 4.68 Å². The first kappa shape index (κ1) is 23.1. The number of aromatic nitrogens is 2. The summed E-state index contributed by atoms with van der Waals surface area (Å²) in [6.07, 6.45) is 2.28. The summed E-state index contributed by atoms with van der Waals surface area (Å²) in [5, 5.41) is 5.48. The molecule has 0 N–H and O–H groups in total. The number of ether oxygens (including phenoxy) is 1. The van der Waals surface area contributed by atoms with E-state index in [-0.39, 0.29) is 35.5 Å². The van der Waals surface area contributed by atoms with Gasteiger partial charge in [0.25, 0.3) is 17.4 Å². The van der Waals surface area contributed by atoms with E-state index >= 15 is 0 Å². The van der Waals surface area contributed by atoms with Crippen LogP contribution in [0.25, 0.3) is 10.8 Å². The molecule has 182 valence electrons. The molecular formula is C27H30N4O4. The highest BCUT2D eigenvalue weighted by atomic mass is 16.5. The van der Waals surface area contributed by atoms with Crippen molar-refractivity contribution < 1.29 is 14.3 Å². The van der Waals surface area contributed by atoms with Crippen molar-refractivity contribution in [2.45, 2.75) is 45.8 Å². The van der Waals surface area contributed by atoms with Crippen molar-refractivity contribution in [3.8, 4) is 5.75 Å². The van der Waals surface area contributed by atoms with E-state index in [1.54, 1.807) is 41.3 Å². The predicted octanol–water partition coefficient (Wildman–Crippen LogP) is 3.47. The Morgan fingerprint density at radius 1 is 1.00 bits per heavy atom. The van der Waals surface area contributed by atoms with Gasteiger partial charge < -0.3 is 9.64 Å². The lowest BCUT2D eigenvalue weighted by Crippen LogP contribution is -2.53. The molecule has 0 bridgehead atoms. The van der Waals surface area contributed by atoms with Crippen LogP contribution in [0.5, 0.6) is 5.75 Å². The smallest absolute Gasteiger partial charge is 0.279 e. The number of para-hydroxylation sites is 2. The Morgan fingerprint density at radius 3 is 2.43 bits per heavy atom. The molecule has 2 aromatic carbocycles. The van der Waals surface area contributed by atoms with Crippen molar-refractivity contribution in [2.75, 3.05) is 24.5 Å². The molecule has 35 heavy (non-hydrogen) atoms. The molecule has 2 aliphatic heterocycles. The minimum absolute atomic E-state index is 0.0878. The van der Waals surface area contributed by atoms with Gasteiger partial charge in [0.05, 0.1) is 17.6 Å². The Balaban J connectivity index is 1.57. The van der Waals surface area contributed by atoms with Crippen LogP contribution in [0.3, 0.4) is 0 Å². The Hall–Kier alpha value is -3.68. The molecule has 1 fully saturated rings. The summed E-state index contributed by atoms with van der Waals surface area (Å²) < 4.78 is 7.46. The number of fused-ring (bicyclic) bond motifs is 2. The van der Waals surface area contributed by atoms with Crippen LogP contribution in [0, 0.1) is 5.92 Å². The summed E-state index contributed by atoms with van der Waals surface area (Å²) in [4.78, 5) is 43.8. The van der Waals surface area contributed by atoms with Gasteiger partial charge in [-0.25, -0.2) is 4.68 Å². The molecule has 0 aliphatic carbocycles. The number of rotatable bonds is 4. The second-order valence-electron chi connectivity index (χ2n) is 9.65. The molecule has 2 aliphatic rings. The average Bonchev–Trinajstić information content (AvgIpc) is 2.89. The van der Waals surface area contributed by atoms with E-state index in [2.05, 4.69) is 5.10 Å². The average molecular weight is 475 g/mol. The molecular weight excluding hydrogens is 444 g/mol. The molecule has 1 atom stereocenters. The SMILES string of the molecule is CC(C)Cn1nc(C(=O)N2C[C@@H](C(=O)N3CCCCC3)Oc3ccccc32)c2ccccc2c1=O. The van der Waals surface area contributed by atoms with E-state index in [9.17, 15) is 14.4 Å². The van der Waals surface area contributed by atoms with Crippen molar-refractivity contribution in [1.29, 1.82) is 0 Å². The molecule has 0 saturated carbocycles. The molecule has 8 nitrogen and oxygen atoms in total. The van der Waals surface area contributed by atoms with Gasteiger partial charge in [0.2, 0.25) is 0 Å². The third kappa shape index (κ3) is 4.40. The van der Waals surface area contributed by atoms with Crippen molar-refractivity contribution in [2.24, 2.45) is 5.92 Å². The van der Waals surface area contributed by atoms with Gasteiger partial charge in [-0.1, -0.05) is 44.2 Å². The van der Waals surface area contributed by atoms with Crippen LogP contribution in [-0.4, -0.2) is 52.2 Å². The summed E-state index contributed by atoms with van der Waals surface area (Å²) in [5.41, 5.74) is 0.570. The number of carbonyl (C=O) groups is 2. The third-order valence-corrected chi connectivity index (χ3v) is 6.57. The fourth-order valence-corrected chi connectivity index (χ4v) is 4.86. The molecule has 1 saturated heterocycles. The van der Waals surface area contributed by atoms with Crippen LogP contribution in [0.1, 0.15) is 43.6 Å². The van der Waals surface area contributed by atoms with E-state index in [0.717, 1.165) is 19.3 Å². The summed E-state index contributed by atoms with van der Waals surface area (Å²) in [5.74, 6) is 0.215. The highest BCUT2D eigenvalue weighted by molar-refractivity contribution is 6.13. The molecule has 2 amide bonds. The van der Waals surface area contributed by atoms with Gasteiger partial charge in [-0.2, -0.15) is 5.10 Å². The normalized spacial score (nSPS) is 17.9. The summed E-state index contributed by atoms with van der Waals surface area (Å²) >= 11 is 0. The zero-order valence-electron chi connectivity index (χ0n) is 20.1. The molecule has 3 heterocycles. The monoisotopic (exact) mass is 474 g/mol. The molecule has 0 unspecified atom stereocenters. The van der Waals surface area contributed by atoms with Crippen molar-refractivity contribution >= 4 is 28.3 Å². The van der Waals surface area contributed by atoms with Crippen LogP contribution >= 0.6 is 0 Å². The van der Waals surface area contributed by atoms with E-state index in [1.807, 2.05) is 30.9 Å². The van der Waals surface area contributed by atoms with Crippen molar-refractivity contribution in [1.82, 2.24) is 14.7 Å². The Bertz CT molecular complexity index is 1330. The highest BCUT2D eigenvalue weighted by Crippen LogP contribution is 2.35. The fourth-order valence-electron chi connectivity index (χ4n) is 4.86. The summed E-state index contributed by atoms with van der Waals surface area (Å²) in [6, 6.07) is 14.3. The van der Waals surface area contributed by atoms with Gasteiger partial charge >= 0.3 is 0 Å². The minimum Gasteiger partial charge on any atom is -0.476 e. The maximum Gasteiger partial charge on any atom is 0.279 e. The quantitative estimate of drug-likeness (QED) is 0.578. The van der Waals surface area contributed by atoms with Gasteiger partial charge in [0.15, 0.2) is 11.8 Å². The lowest BCUT2D eigenvalue weighted by Gasteiger charge is -2.37. The van der Waals surface area contributed by atoms with Gasteiger partial charge in [0, 0.05) is 25.0 Å². The standard InChI is InChI=1S/C27H30N4O4/c1-18(2)16-31-25(32)20-11-5-4-10-19(20)24(28-31)27(34)30-17-23(26(33)29-14-8-3-9-15-29)35-22-13-7-6-12-21(22)30/h4-7,10-13,18,23H,3,8-9,14-17H2,1-2H3/t23-/m0/s1. The van der Waals surface area contributed by atoms with Crippen molar-refractivity contribution in [3.05, 3.63) is 64.6 Å². The molecule has 0 spiro atoms. The molecule has 0 radical (unpaired) electrons. The number of amides is 2. The van der Waals surface area contributed by atoms with Gasteiger partial charge in [0.1, 0.15) is 5.75 Å². The van der Waals surface area contributed by atoms with Crippen LogP contribution in [0.15, 0.2) is 53.3 Å². The zero-order chi connectivity index (χ0) is 24.5. The summed E-state index contributed by atoms with van der Waals surface area (Å²) in [7, 11) is 0. The molecule has 5 rings (SSSR count). The predicted molar refractivity (Wildman–Crippen MR) is 134 cm³/mol. The van der Waals surface area contributed by atoms with Crippen LogP contribution in [0.4, 0.5) is 5.69 Å². The van der Waals surface area contributed by atoms with Gasteiger partial charge in [-0.15, -0.1) is 0 Å². The van der Waals surface area contributed by atoms with E-state index < -0.39 is 6.10 Å².